The molecule has 1 aromatic carbocycles. The molecule has 0 aromatic heterocycles. The molecule has 0 unspecified atom stereocenters. The van der Waals surface area contributed by atoms with Gasteiger partial charge >= 0.3 is 0 Å². The number of hydrogen-bond donors (Lipinski definition) is 1. The highest BCUT2D eigenvalue weighted by molar-refractivity contribution is 9.13. The molecule has 1 fully saturated rings. The predicted octanol–water partition coefficient (Wildman–Crippen LogP) is 2.94. The Hall–Kier alpha value is -0.430. The third kappa shape index (κ3) is 5.06. The Morgan fingerprint density at radius 3 is 2.67 bits per heavy atom. The Labute approximate surface area is 142 Å². The summed E-state index contributed by atoms with van der Waals surface area (Å²) < 4.78 is 7.03. The van der Waals surface area contributed by atoms with Gasteiger partial charge in [0.1, 0.15) is 6.61 Å². The molecule has 0 spiro atoms. The van der Waals surface area contributed by atoms with Gasteiger partial charge in [-0.15, -0.1) is 0 Å². The smallest absolute Gasteiger partial charge is 0.248 e. The lowest BCUT2D eigenvalue weighted by Crippen LogP contribution is -2.45. The van der Waals surface area contributed by atoms with E-state index in [9.17, 15) is 4.79 Å². The third-order valence-electron chi connectivity index (χ3n) is 3.69. The summed E-state index contributed by atoms with van der Waals surface area (Å²) in [4.78, 5) is 13.6. The lowest BCUT2D eigenvalue weighted by molar-refractivity contribution is -0.136. The average Bonchev–Trinajstić information content (AvgIpc) is 2.49. The molecule has 1 heterocycles. The van der Waals surface area contributed by atoms with Crippen LogP contribution in [0, 0.1) is 0 Å². The van der Waals surface area contributed by atoms with E-state index in [1.54, 1.807) is 7.11 Å². The van der Waals surface area contributed by atoms with Crippen LogP contribution < -0.4 is 5.32 Å². The number of likely N-dealkylation sites (tertiary alicyclic amines) is 1. The normalized spacial score (nSPS) is 16.2. The van der Waals surface area contributed by atoms with Crippen molar-refractivity contribution in [3.05, 3.63) is 32.7 Å². The lowest BCUT2D eigenvalue weighted by Gasteiger charge is -2.32. The van der Waals surface area contributed by atoms with Crippen LogP contribution in [0.25, 0.3) is 0 Å². The number of carbonyl (C=O) groups is 1. The third-order valence-corrected chi connectivity index (χ3v) is 5.57. The molecule has 0 saturated carbocycles. The number of piperidine rings is 1. The average molecular weight is 420 g/mol. The molecule has 116 valence electrons. The maximum Gasteiger partial charge on any atom is 0.248 e. The number of carbonyl (C=O) groups excluding carboxylic acids is 1. The van der Waals surface area contributed by atoms with Crippen LogP contribution >= 0.6 is 31.9 Å². The molecule has 4 nitrogen and oxygen atoms in total. The van der Waals surface area contributed by atoms with Crippen molar-refractivity contribution in [1.29, 1.82) is 0 Å². The molecule has 1 aromatic rings. The molecule has 0 radical (unpaired) electrons. The summed E-state index contributed by atoms with van der Waals surface area (Å²) in [7, 11) is 1.56. The van der Waals surface area contributed by atoms with Gasteiger partial charge in [0.05, 0.1) is 0 Å². The Bertz CT molecular complexity index is 489. The predicted molar refractivity (Wildman–Crippen MR) is 90.2 cm³/mol. The maximum absolute atomic E-state index is 11.7. The summed E-state index contributed by atoms with van der Waals surface area (Å²) in [5, 5.41) is 3.57. The molecule has 6 heteroatoms. The molecule has 2 rings (SSSR count). The van der Waals surface area contributed by atoms with Crippen LogP contribution in [0.4, 0.5) is 0 Å². The highest BCUT2D eigenvalue weighted by Gasteiger charge is 2.22. The summed E-state index contributed by atoms with van der Waals surface area (Å²) in [5.41, 5.74) is 1.25. The standard InChI is InChI=1S/C15H20Br2N2O2/c1-21-10-15(20)19-6-4-12(5-7-19)18-9-11-2-3-13(16)14(17)8-11/h2-3,8,12,18H,4-7,9-10H2,1H3. The van der Waals surface area contributed by atoms with Crippen molar-refractivity contribution in [2.24, 2.45) is 0 Å². The van der Waals surface area contributed by atoms with Crippen LogP contribution in [-0.4, -0.2) is 43.7 Å². The van der Waals surface area contributed by atoms with Gasteiger partial charge in [0.2, 0.25) is 5.91 Å². The van der Waals surface area contributed by atoms with Gasteiger partial charge < -0.3 is 15.0 Å². The van der Waals surface area contributed by atoms with Crippen molar-refractivity contribution in [1.82, 2.24) is 10.2 Å². The van der Waals surface area contributed by atoms with Gasteiger partial charge in [0, 0.05) is 41.7 Å². The van der Waals surface area contributed by atoms with Crippen molar-refractivity contribution in [3.63, 3.8) is 0 Å². The first-order valence-corrected chi connectivity index (χ1v) is 8.62. The van der Waals surface area contributed by atoms with Crippen LogP contribution in [0.5, 0.6) is 0 Å². The fourth-order valence-electron chi connectivity index (χ4n) is 2.46. The molecule has 0 aliphatic carbocycles. The molecule has 1 aliphatic rings. The number of benzene rings is 1. The lowest BCUT2D eigenvalue weighted by atomic mass is 10.0. The second kappa shape index (κ2) is 8.27. The Morgan fingerprint density at radius 2 is 2.05 bits per heavy atom. The van der Waals surface area contributed by atoms with Gasteiger partial charge in [0.15, 0.2) is 0 Å². The summed E-state index contributed by atoms with van der Waals surface area (Å²) in [6.07, 6.45) is 1.99. The van der Waals surface area contributed by atoms with Crippen molar-refractivity contribution >= 4 is 37.8 Å². The first-order valence-electron chi connectivity index (χ1n) is 7.04. The van der Waals surface area contributed by atoms with Gasteiger partial charge in [-0.05, 0) is 62.4 Å². The fraction of sp³-hybridized carbons (Fsp3) is 0.533. The van der Waals surface area contributed by atoms with E-state index in [-0.39, 0.29) is 12.5 Å². The highest BCUT2D eigenvalue weighted by Crippen LogP contribution is 2.24. The molecular weight excluding hydrogens is 400 g/mol. The van der Waals surface area contributed by atoms with Gasteiger partial charge in [-0.25, -0.2) is 0 Å². The topological polar surface area (TPSA) is 41.6 Å². The number of amides is 1. The van der Waals surface area contributed by atoms with Crippen LogP contribution in [-0.2, 0) is 16.1 Å². The van der Waals surface area contributed by atoms with Crippen molar-refractivity contribution in [2.75, 3.05) is 26.8 Å². The molecule has 21 heavy (non-hydrogen) atoms. The van der Waals surface area contributed by atoms with Crippen LogP contribution in [0.1, 0.15) is 18.4 Å². The SMILES string of the molecule is COCC(=O)N1CCC(NCc2ccc(Br)c(Br)c2)CC1. The molecule has 1 aliphatic heterocycles. The van der Waals surface area contributed by atoms with Crippen LogP contribution in [0.15, 0.2) is 27.1 Å². The summed E-state index contributed by atoms with van der Waals surface area (Å²) in [6.45, 7) is 2.65. The minimum absolute atomic E-state index is 0.0905. The maximum atomic E-state index is 11.7. The number of methoxy groups -OCH3 is 1. The van der Waals surface area contributed by atoms with E-state index in [0.717, 1.165) is 41.4 Å². The van der Waals surface area contributed by atoms with E-state index in [0.29, 0.717) is 6.04 Å². The van der Waals surface area contributed by atoms with E-state index >= 15 is 0 Å². The largest absolute Gasteiger partial charge is 0.375 e. The van der Waals surface area contributed by atoms with Crippen LogP contribution in [0.2, 0.25) is 0 Å². The number of rotatable bonds is 5. The van der Waals surface area contributed by atoms with Crippen molar-refractivity contribution in [2.45, 2.75) is 25.4 Å². The van der Waals surface area contributed by atoms with Gasteiger partial charge in [0.25, 0.3) is 0 Å². The van der Waals surface area contributed by atoms with E-state index < -0.39 is 0 Å². The first kappa shape index (κ1) is 16.9. The quantitative estimate of drug-likeness (QED) is 0.797. The molecule has 0 atom stereocenters. The Kier molecular flexibility index (Phi) is 6.67. The number of ether oxygens (including phenoxy) is 1. The molecule has 1 amide bonds. The molecule has 1 saturated heterocycles. The van der Waals surface area contributed by atoms with Crippen molar-refractivity contribution in [3.8, 4) is 0 Å². The summed E-state index contributed by atoms with van der Waals surface area (Å²) in [5.74, 6) is 0.0905. The zero-order chi connectivity index (χ0) is 15.2. The monoisotopic (exact) mass is 418 g/mol. The number of halogens is 2. The number of nitrogens with one attached hydrogen (secondary N) is 1. The summed E-state index contributed by atoms with van der Waals surface area (Å²) >= 11 is 6.99. The van der Waals surface area contributed by atoms with E-state index in [2.05, 4.69) is 49.3 Å². The summed E-state index contributed by atoms with van der Waals surface area (Å²) in [6, 6.07) is 6.75. The fourth-order valence-corrected chi connectivity index (χ4v) is 3.13. The Balaban J connectivity index is 1.76. The number of nitrogens with zero attached hydrogens (tertiary/aromatic N) is 1. The number of hydrogen-bond acceptors (Lipinski definition) is 3. The molecule has 0 bridgehead atoms. The first-order chi connectivity index (χ1) is 10.1. The minimum Gasteiger partial charge on any atom is -0.375 e. The van der Waals surface area contributed by atoms with Crippen molar-refractivity contribution < 1.29 is 9.53 Å². The van der Waals surface area contributed by atoms with E-state index in [1.807, 2.05) is 11.0 Å². The molecule has 1 N–H and O–H groups in total. The highest BCUT2D eigenvalue weighted by atomic mass is 79.9. The second-order valence-electron chi connectivity index (χ2n) is 5.22. The molecular formula is C15H20Br2N2O2. The van der Waals surface area contributed by atoms with E-state index in [4.69, 9.17) is 4.74 Å². The minimum atomic E-state index is 0.0905. The zero-order valence-corrected chi connectivity index (χ0v) is 15.2. The zero-order valence-electron chi connectivity index (χ0n) is 12.1. The Morgan fingerprint density at radius 1 is 1.33 bits per heavy atom. The van der Waals surface area contributed by atoms with Crippen LogP contribution in [0.3, 0.4) is 0 Å². The van der Waals surface area contributed by atoms with E-state index in [1.165, 1.54) is 5.56 Å². The van der Waals surface area contributed by atoms with Gasteiger partial charge in [-0.1, -0.05) is 6.07 Å². The second-order valence-corrected chi connectivity index (χ2v) is 6.93. The van der Waals surface area contributed by atoms with Gasteiger partial charge in [-0.2, -0.15) is 0 Å². The van der Waals surface area contributed by atoms with Gasteiger partial charge in [-0.3, -0.25) is 4.79 Å².